The van der Waals surface area contributed by atoms with E-state index in [1.807, 2.05) is 0 Å². The second-order valence-corrected chi connectivity index (χ2v) is 11.5. The number of anilines is 1. The van der Waals surface area contributed by atoms with Crippen LogP contribution in [0.1, 0.15) is 37.0 Å². The fraction of sp³-hybridized carbons (Fsp3) is 0.350. The molecule has 0 aromatic heterocycles. The van der Waals surface area contributed by atoms with Gasteiger partial charge < -0.3 is 10.1 Å². The Kier molecular flexibility index (Phi) is 6.21. The molecule has 1 saturated carbocycles. The van der Waals surface area contributed by atoms with E-state index < -0.39 is 31.0 Å². The van der Waals surface area contributed by atoms with Gasteiger partial charge in [0.1, 0.15) is 5.75 Å². The second-order valence-electron chi connectivity index (χ2n) is 7.30. The van der Waals surface area contributed by atoms with E-state index in [9.17, 15) is 21.6 Å². The molecule has 0 spiro atoms. The van der Waals surface area contributed by atoms with Crippen LogP contribution in [-0.4, -0.2) is 41.1 Å². The van der Waals surface area contributed by atoms with Gasteiger partial charge in [-0.2, -0.15) is 0 Å². The molecule has 1 amide bonds. The zero-order valence-electron chi connectivity index (χ0n) is 16.9. The van der Waals surface area contributed by atoms with E-state index in [1.165, 1.54) is 51.3 Å². The van der Waals surface area contributed by atoms with Gasteiger partial charge in [-0.25, -0.2) is 21.6 Å². The van der Waals surface area contributed by atoms with E-state index in [2.05, 4.69) is 10.0 Å². The SMILES string of the molecule is COc1ccc(S(=O)(=O)NC2CC2)cc1NC(=O)c1ccccc1S(=O)(=O)C(C)C. The van der Waals surface area contributed by atoms with Crippen molar-refractivity contribution in [3.05, 3.63) is 48.0 Å². The largest absolute Gasteiger partial charge is 0.495 e. The summed E-state index contributed by atoms with van der Waals surface area (Å²) < 4.78 is 58.1. The Bertz CT molecular complexity index is 1170. The monoisotopic (exact) mass is 452 g/mol. The number of hydrogen-bond acceptors (Lipinski definition) is 6. The van der Waals surface area contributed by atoms with E-state index in [-0.39, 0.29) is 32.8 Å². The highest BCUT2D eigenvalue weighted by Crippen LogP contribution is 2.30. The first-order valence-electron chi connectivity index (χ1n) is 9.41. The molecule has 0 aliphatic heterocycles. The van der Waals surface area contributed by atoms with Crippen LogP contribution in [0.15, 0.2) is 52.3 Å². The molecule has 1 fully saturated rings. The lowest BCUT2D eigenvalue weighted by molar-refractivity contribution is 0.102. The maximum Gasteiger partial charge on any atom is 0.257 e. The first-order valence-corrected chi connectivity index (χ1v) is 12.4. The number of ether oxygens (including phenoxy) is 1. The fourth-order valence-corrected chi connectivity index (χ4v) is 5.36. The smallest absolute Gasteiger partial charge is 0.257 e. The van der Waals surface area contributed by atoms with Crippen LogP contribution in [-0.2, 0) is 19.9 Å². The number of sulfonamides is 1. The van der Waals surface area contributed by atoms with E-state index >= 15 is 0 Å². The van der Waals surface area contributed by atoms with Gasteiger partial charge in [-0.3, -0.25) is 4.79 Å². The van der Waals surface area contributed by atoms with E-state index in [4.69, 9.17) is 4.74 Å². The molecule has 1 aliphatic carbocycles. The van der Waals surface area contributed by atoms with Crippen LogP contribution in [0.4, 0.5) is 5.69 Å². The van der Waals surface area contributed by atoms with Gasteiger partial charge in [-0.15, -0.1) is 0 Å². The second kappa shape index (κ2) is 8.37. The summed E-state index contributed by atoms with van der Waals surface area (Å²) in [6.07, 6.45) is 1.58. The van der Waals surface area contributed by atoms with Crippen molar-refractivity contribution in [2.45, 2.75) is 47.8 Å². The van der Waals surface area contributed by atoms with Crippen molar-refractivity contribution in [1.82, 2.24) is 4.72 Å². The third kappa shape index (κ3) is 4.66. The number of carbonyl (C=O) groups excluding carboxylic acids is 1. The van der Waals surface area contributed by atoms with Crippen molar-refractivity contribution in [3.8, 4) is 5.75 Å². The number of carbonyl (C=O) groups is 1. The average Bonchev–Trinajstić information content (AvgIpc) is 3.51. The highest BCUT2D eigenvalue weighted by molar-refractivity contribution is 7.92. The number of nitrogens with one attached hydrogen (secondary N) is 2. The molecule has 0 radical (unpaired) electrons. The minimum atomic E-state index is -3.74. The third-order valence-electron chi connectivity index (χ3n) is 4.69. The van der Waals surface area contributed by atoms with Gasteiger partial charge in [0.15, 0.2) is 9.84 Å². The Hall–Kier alpha value is -2.43. The molecular weight excluding hydrogens is 428 g/mol. The van der Waals surface area contributed by atoms with Gasteiger partial charge in [0.25, 0.3) is 5.91 Å². The van der Waals surface area contributed by atoms with Crippen LogP contribution in [0.3, 0.4) is 0 Å². The zero-order chi connectivity index (χ0) is 22.1. The minimum Gasteiger partial charge on any atom is -0.495 e. The molecule has 8 nitrogen and oxygen atoms in total. The molecule has 0 saturated heterocycles. The number of methoxy groups -OCH3 is 1. The predicted molar refractivity (Wildman–Crippen MR) is 113 cm³/mol. The highest BCUT2D eigenvalue weighted by atomic mass is 32.2. The van der Waals surface area contributed by atoms with Gasteiger partial charge in [-0.05, 0) is 57.0 Å². The molecule has 10 heteroatoms. The molecule has 3 rings (SSSR count). The quantitative estimate of drug-likeness (QED) is 0.635. The maximum absolute atomic E-state index is 12.9. The molecular formula is C20H24N2O6S2. The summed E-state index contributed by atoms with van der Waals surface area (Å²) in [7, 11) is -6.05. The summed E-state index contributed by atoms with van der Waals surface area (Å²) in [6.45, 7) is 3.07. The van der Waals surface area contributed by atoms with Crippen molar-refractivity contribution in [2.24, 2.45) is 0 Å². The molecule has 2 N–H and O–H groups in total. The lowest BCUT2D eigenvalue weighted by atomic mass is 10.2. The Morgan fingerprint density at radius 3 is 2.33 bits per heavy atom. The van der Waals surface area contributed by atoms with Crippen molar-refractivity contribution in [1.29, 1.82) is 0 Å². The molecule has 0 atom stereocenters. The standard InChI is InChI=1S/C20H24N2O6S2/c1-13(2)29(24,25)19-7-5-4-6-16(19)20(23)21-17-12-15(10-11-18(17)28-3)30(26,27)22-14-8-9-14/h4-7,10-14,22H,8-9H2,1-3H3,(H,21,23). The first-order chi connectivity index (χ1) is 14.1. The van der Waals surface area contributed by atoms with Crippen LogP contribution < -0.4 is 14.8 Å². The van der Waals surface area contributed by atoms with Crippen LogP contribution in [0.2, 0.25) is 0 Å². The van der Waals surface area contributed by atoms with Gasteiger partial charge in [-0.1, -0.05) is 12.1 Å². The highest BCUT2D eigenvalue weighted by Gasteiger charge is 2.29. The van der Waals surface area contributed by atoms with Crippen LogP contribution in [0.5, 0.6) is 5.75 Å². The number of amides is 1. The topological polar surface area (TPSA) is 119 Å². The van der Waals surface area contributed by atoms with Crippen LogP contribution >= 0.6 is 0 Å². The Morgan fingerprint density at radius 1 is 1.07 bits per heavy atom. The predicted octanol–water partition coefficient (Wildman–Crippen LogP) is 2.57. The first kappa shape index (κ1) is 22.3. The summed E-state index contributed by atoms with van der Waals surface area (Å²) in [5.74, 6) is -0.434. The summed E-state index contributed by atoms with van der Waals surface area (Å²) in [5, 5.41) is 1.88. The van der Waals surface area contributed by atoms with Crippen molar-refractivity contribution in [2.75, 3.05) is 12.4 Å². The van der Waals surface area contributed by atoms with Crippen molar-refractivity contribution in [3.63, 3.8) is 0 Å². The molecule has 0 heterocycles. The normalized spacial score (nSPS) is 14.5. The number of sulfone groups is 1. The Labute approximate surface area is 176 Å². The van der Waals surface area contributed by atoms with Gasteiger partial charge in [0.05, 0.1) is 33.4 Å². The summed E-state index contributed by atoms with van der Waals surface area (Å²) in [4.78, 5) is 12.8. The minimum absolute atomic E-state index is 0.0198. The van der Waals surface area contributed by atoms with E-state index in [1.54, 1.807) is 12.1 Å². The van der Waals surface area contributed by atoms with Crippen molar-refractivity contribution < 1.29 is 26.4 Å². The molecule has 0 bridgehead atoms. The molecule has 2 aromatic carbocycles. The molecule has 0 unspecified atom stereocenters. The average molecular weight is 453 g/mol. The van der Waals surface area contributed by atoms with Crippen LogP contribution in [0, 0.1) is 0 Å². The maximum atomic E-state index is 12.9. The lowest BCUT2D eigenvalue weighted by Crippen LogP contribution is -2.26. The van der Waals surface area contributed by atoms with E-state index in [0.717, 1.165) is 12.8 Å². The Morgan fingerprint density at radius 2 is 1.73 bits per heavy atom. The third-order valence-corrected chi connectivity index (χ3v) is 8.42. The molecule has 30 heavy (non-hydrogen) atoms. The van der Waals surface area contributed by atoms with Crippen molar-refractivity contribution >= 4 is 31.5 Å². The van der Waals surface area contributed by atoms with Gasteiger partial charge >= 0.3 is 0 Å². The fourth-order valence-electron chi connectivity index (χ4n) is 2.79. The van der Waals surface area contributed by atoms with Crippen LogP contribution in [0.25, 0.3) is 0 Å². The summed E-state index contributed by atoms with van der Waals surface area (Å²) in [6, 6.07) is 9.94. The van der Waals surface area contributed by atoms with E-state index in [0.29, 0.717) is 0 Å². The molecule has 162 valence electrons. The van der Waals surface area contributed by atoms with Gasteiger partial charge in [0, 0.05) is 6.04 Å². The summed E-state index contributed by atoms with van der Waals surface area (Å²) >= 11 is 0. The number of hydrogen-bond donors (Lipinski definition) is 2. The van der Waals surface area contributed by atoms with Gasteiger partial charge in [0.2, 0.25) is 10.0 Å². The molecule has 2 aromatic rings. The lowest BCUT2D eigenvalue weighted by Gasteiger charge is -2.15. The Balaban J connectivity index is 1.97. The summed E-state index contributed by atoms with van der Waals surface area (Å²) in [5.41, 5.74) is 0.0931. The molecule has 1 aliphatic rings. The number of rotatable bonds is 8. The zero-order valence-corrected chi connectivity index (χ0v) is 18.5. The number of benzene rings is 2.